The number of nitrogens with one attached hydrogen (secondary N) is 2. The first kappa shape index (κ1) is 25.5. The van der Waals surface area contributed by atoms with E-state index in [2.05, 4.69) is 10.6 Å². The molecule has 2 rings (SSSR count). The summed E-state index contributed by atoms with van der Waals surface area (Å²) in [7, 11) is 0. The molecular weight excluding hydrogens is 428 g/mol. The van der Waals surface area contributed by atoms with Gasteiger partial charge >= 0.3 is 6.09 Å². The summed E-state index contributed by atoms with van der Waals surface area (Å²) in [6, 6.07) is 12.1. The zero-order valence-electron chi connectivity index (χ0n) is 19.1. The fourth-order valence-corrected chi connectivity index (χ4v) is 3.91. The van der Waals surface area contributed by atoms with Crippen LogP contribution < -0.4 is 10.6 Å². The molecule has 0 aliphatic heterocycles. The molecule has 7 nitrogen and oxygen atoms in total. The minimum Gasteiger partial charge on any atom is -0.468 e. The van der Waals surface area contributed by atoms with Crippen LogP contribution in [0.15, 0.2) is 53.1 Å². The molecule has 0 spiro atoms. The van der Waals surface area contributed by atoms with Crippen molar-refractivity contribution in [2.45, 2.75) is 58.1 Å². The normalized spacial score (nSPS) is 12.3. The number of rotatable bonds is 12. The molecule has 32 heavy (non-hydrogen) atoms. The predicted octanol–water partition coefficient (Wildman–Crippen LogP) is 4.32. The summed E-state index contributed by atoms with van der Waals surface area (Å²) < 4.78 is 10.5. The maximum Gasteiger partial charge on any atom is 0.408 e. The molecule has 0 aliphatic carbocycles. The number of ether oxygens (including phenoxy) is 1. The lowest BCUT2D eigenvalue weighted by Crippen LogP contribution is -2.57. The second-order valence-electron chi connectivity index (χ2n) is 8.50. The molecule has 0 radical (unpaired) electrons. The van der Waals surface area contributed by atoms with Crippen molar-refractivity contribution in [1.82, 2.24) is 10.6 Å². The molecule has 0 saturated heterocycles. The van der Waals surface area contributed by atoms with Gasteiger partial charge in [0, 0.05) is 0 Å². The quantitative estimate of drug-likeness (QED) is 0.490. The van der Waals surface area contributed by atoms with Gasteiger partial charge in [0.15, 0.2) is 5.78 Å². The molecule has 1 aromatic heterocycles. The van der Waals surface area contributed by atoms with Gasteiger partial charge in [-0.25, -0.2) is 4.79 Å². The van der Waals surface area contributed by atoms with E-state index >= 15 is 0 Å². The molecule has 1 unspecified atom stereocenters. The van der Waals surface area contributed by atoms with Crippen LogP contribution in [0.5, 0.6) is 0 Å². The standard InChI is InChI=1S/C24H32N2O5S/c1-17(2)13-20(25-23(29)31-14-18-9-6-5-7-10-18)22(28)26-24(3,4)21(27)16-32-15-19-11-8-12-30-19/h5-12,17,20H,13-16H2,1-4H3,(H,25,29)(H,26,28). The van der Waals surface area contributed by atoms with Crippen LogP contribution in [0.1, 0.15) is 45.4 Å². The number of carbonyl (C=O) groups is 3. The lowest BCUT2D eigenvalue weighted by Gasteiger charge is -2.28. The van der Waals surface area contributed by atoms with Crippen molar-refractivity contribution in [1.29, 1.82) is 0 Å². The summed E-state index contributed by atoms with van der Waals surface area (Å²) in [4.78, 5) is 37.9. The Labute approximate surface area is 193 Å². The topological polar surface area (TPSA) is 97.6 Å². The van der Waals surface area contributed by atoms with Gasteiger partial charge in [-0.2, -0.15) is 0 Å². The second kappa shape index (κ2) is 12.3. The maximum atomic E-state index is 12.9. The van der Waals surface area contributed by atoms with Crippen molar-refractivity contribution in [2.24, 2.45) is 5.92 Å². The fraction of sp³-hybridized carbons (Fsp3) is 0.458. The van der Waals surface area contributed by atoms with Gasteiger partial charge in [0.2, 0.25) is 5.91 Å². The highest BCUT2D eigenvalue weighted by atomic mass is 32.2. The van der Waals surface area contributed by atoms with Gasteiger partial charge in [-0.3, -0.25) is 9.59 Å². The molecule has 1 atom stereocenters. The molecule has 8 heteroatoms. The Hall–Kier alpha value is -2.74. The summed E-state index contributed by atoms with van der Waals surface area (Å²) in [5.74, 6) is 1.23. The van der Waals surface area contributed by atoms with Crippen LogP contribution in [-0.4, -0.2) is 35.1 Å². The molecule has 2 amide bonds. The Morgan fingerprint density at radius 2 is 1.81 bits per heavy atom. The van der Waals surface area contributed by atoms with E-state index in [1.165, 1.54) is 11.8 Å². The first-order valence-electron chi connectivity index (χ1n) is 10.6. The second-order valence-corrected chi connectivity index (χ2v) is 9.48. The number of amides is 2. The number of hydrogen-bond acceptors (Lipinski definition) is 6. The average Bonchev–Trinajstić information content (AvgIpc) is 3.25. The first-order chi connectivity index (χ1) is 15.2. The number of carbonyl (C=O) groups excluding carboxylic acids is 3. The summed E-state index contributed by atoms with van der Waals surface area (Å²) in [6.07, 6.45) is 1.34. The number of benzene rings is 1. The van der Waals surface area contributed by atoms with E-state index < -0.39 is 23.6 Å². The molecule has 2 aromatic rings. The van der Waals surface area contributed by atoms with Crippen LogP contribution in [0.4, 0.5) is 4.79 Å². The molecular formula is C24H32N2O5S. The molecule has 0 saturated carbocycles. The lowest BCUT2D eigenvalue weighted by molar-refractivity contribution is -0.130. The third-order valence-electron chi connectivity index (χ3n) is 4.72. The Morgan fingerprint density at radius 3 is 2.44 bits per heavy atom. The summed E-state index contributed by atoms with van der Waals surface area (Å²) in [6.45, 7) is 7.36. The summed E-state index contributed by atoms with van der Waals surface area (Å²) in [5.41, 5.74) is -0.218. The van der Waals surface area contributed by atoms with E-state index in [1.807, 2.05) is 50.2 Å². The van der Waals surface area contributed by atoms with Crippen molar-refractivity contribution >= 4 is 29.5 Å². The third kappa shape index (κ3) is 8.78. The van der Waals surface area contributed by atoms with Gasteiger partial charge < -0.3 is 19.8 Å². The highest BCUT2D eigenvalue weighted by Gasteiger charge is 2.32. The molecule has 0 bridgehead atoms. The smallest absolute Gasteiger partial charge is 0.408 e. The molecule has 1 heterocycles. The third-order valence-corrected chi connectivity index (χ3v) is 5.67. The zero-order chi connectivity index (χ0) is 23.6. The SMILES string of the molecule is CC(C)CC(NC(=O)OCc1ccccc1)C(=O)NC(C)(C)C(=O)CSCc1ccco1. The van der Waals surface area contributed by atoms with Gasteiger partial charge in [0.05, 0.1) is 23.3 Å². The number of hydrogen-bond donors (Lipinski definition) is 2. The number of alkyl carbamates (subject to hydrolysis) is 1. The van der Waals surface area contributed by atoms with Gasteiger partial charge in [0.1, 0.15) is 18.4 Å². The van der Waals surface area contributed by atoms with E-state index in [0.717, 1.165) is 11.3 Å². The number of furan rings is 1. The fourth-order valence-electron chi connectivity index (χ4n) is 2.89. The first-order valence-corrected chi connectivity index (χ1v) is 11.8. The van der Waals surface area contributed by atoms with E-state index in [-0.39, 0.29) is 24.1 Å². The highest BCUT2D eigenvalue weighted by molar-refractivity contribution is 7.99. The molecule has 1 aromatic carbocycles. The van der Waals surface area contributed by atoms with Crippen molar-refractivity contribution in [3.05, 3.63) is 60.1 Å². The largest absolute Gasteiger partial charge is 0.468 e. The van der Waals surface area contributed by atoms with E-state index in [9.17, 15) is 14.4 Å². The molecule has 0 aliphatic rings. The predicted molar refractivity (Wildman–Crippen MR) is 125 cm³/mol. The number of thioether (sulfide) groups is 1. The molecule has 2 N–H and O–H groups in total. The molecule has 0 fully saturated rings. The average molecular weight is 461 g/mol. The van der Waals surface area contributed by atoms with Gasteiger partial charge in [-0.1, -0.05) is 44.2 Å². The van der Waals surface area contributed by atoms with Crippen LogP contribution in [0.3, 0.4) is 0 Å². The van der Waals surface area contributed by atoms with E-state index in [4.69, 9.17) is 9.15 Å². The van der Waals surface area contributed by atoms with Gasteiger partial charge in [-0.05, 0) is 43.9 Å². The van der Waals surface area contributed by atoms with Gasteiger partial charge in [-0.15, -0.1) is 11.8 Å². The van der Waals surface area contributed by atoms with Crippen molar-refractivity contribution in [3.63, 3.8) is 0 Å². The number of ketones is 1. The van der Waals surface area contributed by atoms with Crippen LogP contribution in [0.25, 0.3) is 0 Å². The minimum absolute atomic E-state index is 0.111. The van der Waals surface area contributed by atoms with E-state index in [0.29, 0.717) is 12.2 Å². The lowest BCUT2D eigenvalue weighted by atomic mass is 9.97. The maximum absolute atomic E-state index is 12.9. The van der Waals surface area contributed by atoms with Crippen molar-refractivity contribution < 1.29 is 23.5 Å². The highest BCUT2D eigenvalue weighted by Crippen LogP contribution is 2.16. The monoisotopic (exact) mass is 460 g/mol. The summed E-state index contributed by atoms with van der Waals surface area (Å²) >= 11 is 1.42. The van der Waals surface area contributed by atoms with Crippen LogP contribution in [-0.2, 0) is 26.7 Å². The minimum atomic E-state index is -1.07. The zero-order valence-corrected chi connectivity index (χ0v) is 19.9. The van der Waals surface area contributed by atoms with Crippen molar-refractivity contribution in [2.75, 3.05) is 5.75 Å². The van der Waals surface area contributed by atoms with E-state index in [1.54, 1.807) is 26.2 Å². The Kier molecular flexibility index (Phi) is 9.84. The Bertz CT molecular complexity index is 866. The molecule has 174 valence electrons. The number of Topliss-reactive ketones (excluding diaryl/α,β-unsaturated/α-hetero) is 1. The Morgan fingerprint density at radius 1 is 1.09 bits per heavy atom. The van der Waals surface area contributed by atoms with Crippen LogP contribution in [0.2, 0.25) is 0 Å². The van der Waals surface area contributed by atoms with Crippen LogP contribution in [0, 0.1) is 5.92 Å². The van der Waals surface area contributed by atoms with Crippen molar-refractivity contribution in [3.8, 4) is 0 Å². The summed E-state index contributed by atoms with van der Waals surface area (Å²) in [5, 5.41) is 5.43. The Balaban J connectivity index is 1.88. The van der Waals surface area contributed by atoms with Gasteiger partial charge in [0.25, 0.3) is 0 Å². The van der Waals surface area contributed by atoms with Crippen LogP contribution >= 0.6 is 11.8 Å².